The third-order valence-corrected chi connectivity index (χ3v) is 6.77. The van der Waals surface area contributed by atoms with Gasteiger partial charge in [0.2, 0.25) is 0 Å². The lowest BCUT2D eigenvalue weighted by Crippen LogP contribution is -2.33. The van der Waals surface area contributed by atoms with E-state index in [2.05, 4.69) is 37.5 Å². The van der Waals surface area contributed by atoms with E-state index in [0.29, 0.717) is 11.5 Å². The average Bonchev–Trinajstić information content (AvgIpc) is 2.93. The van der Waals surface area contributed by atoms with Crippen molar-refractivity contribution in [2.75, 3.05) is 6.54 Å². The highest BCUT2D eigenvalue weighted by Crippen LogP contribution is 2.40. The van der Waals surface area contributed by atoms with Gasteiger partial charge in [0.15, 0.2) is 0 Å². The van der Waals surface area contributed by atoms with Crippen molar-refractivity contribution in [1.82, 2.24) is 5.32 Å². The molecule has 1 aromatic heterocycles. The first-order valence-corrected chi connectivity index (χ1v) is 9.71. The Morgan fingerprint density at radius 2 is 1.90 bits per heavy atom. The number of hydrogen-bond acceptors (Lipinski definition) is 2. The van der Waals surface area contributed by atoms with Crippen LogP contribution in [0.2, 0.25) is 0 Å². The van der Waals surface area contributed by atoms with E-state index in [0.717, 1.165) is 11.8 Å². The second kappa shape index (κ2) is 6.42. The molecule has 0 saturated heterocycles. The quantitative estimate of drug-likeness (QED) is 0.770. The SMILES string of the molecule is CC(C)(C)C1CCC(CNC2CCCc3sccc32)CC1. The lowest BCUT2D eigenvalue weighted by Gasteiger charge is -2.37. The van der Waals surface area contributed by atoms with Crippen LogP contribution in [0.3, 0.4) is 0 Å². The van der Waals surface area contributed by atoms with Crippen LogP contribution in [0.4, 0.5) is 0 Å². The molecule has 0 radical (unpaired) electrons. The summed E-state index contributed by atoms with van der Waals surface area (Å²) in [6, 6.07) is 2.99. The van der Waals surface area contributed by atoms with Crippen molar-refractivity contribution < 1.29 is 0 Å². The Balaban J connectivity index is 1.48. The third-order valence-electron chi connectivity index (χ3n) is 5.78. The van der Waals surface area contributed by atoms with Crippen molar-refractivity contribution in [3.63, 3.8) is 0 Å². The largest absolute Gasteiger partial charge is 0.310 e. The lowest BCUT2D eigenvalue weighted by atomic mass is 9.70. The molecular formula is C19H31NS. The van der Waals surface area contributed by atoms with Crippen molar-refractivity contribution in [1.29, 1.82) is 0 Å². The molecule has 2 heteroatoms. The van der Waals surface area contributed by atoms with Crippen LogP contribution in [0, 0.1) is 17.3 Å². The summed E-state index contributed by atoms with van der Waals surface area (Å²) in [5.74, 6) is 1.85. The van der Waals surface area contributed by atoms with Gasteiger partial charge in [-0.15, -0.1) is 11.3 Å². The highest BCUT2D eigenvalue weighted by Gasteiger charge is 2.30. The number of thiophene rings is 1. The Bertz CT molecular complexity index is 448. The van der Waals surface area contributed by atoms with Crippen molar-refractivity contribution in [2.24, 2.45) is 17.3 Å². The molecule has 21 heavy (non-hydrogen) atoms. The Labute approximate surface area is 134 Å². The number of rotatable bonds is 3. The Hall–Kier alpha value is -0.340. The summed E-state index contributed by atoms with van der Waals surface area (Å²) in [4.78, 5) is 1.63. The predicted molar refractivity (Wildman–Crippen MR) is 92.9 cm³/mol. The first kappa shape index (κ1) is 15.6. The van der Waals surface area contributed by atoms with Gasteiger partial charge in [0, 0.05) is 10.9 Å². The van der Waals surface area contributed by atoms with E-state index < -0.39 is 0 Å². The van der Waals surface area contributed by atoms with E-state index in [1.54, 1.807) is 10.4 Å². The van der Waals surface area contributed by atoms with Crippen molar-refractivity contribution in [2.45, 2.75) is 71.8 Å². The van der Waals surface area contributed by atoms with Gasteiger partial charge in [-0.1, -0.05) is 20.8 Å². The number of hydrogen-bond donors (Lipinski definition) is 1. The highest BCUT2D eigenvalue weighted by atomic mass is 32.1. The van der Waals surface area contributed by atoms with Crippen LogP contribution in [0.15, 0.2) is 11.4 Å². The zero-order valence-corrected chi connectivity index (χ0v) is 14.8. The zero-order chi connectivity index (χ0) is 14.9. The molecule has 3 rings (SSSR count). The lowest BCUT2D eigenvalue weighted by molar-refractivity contribution is 0.147. The van der Waals surface area contributed by atoms with E-state index in [4.69, 9.17) is 0 Å². The minimum Gasteiger partial charge on any atom is -0.310 e. The summed E-state index contributed by atoms with van der Waals surface area (Å²) in [6.07, 6.45) is 9.73. The van der Waals surface area contributed by atoms with Gasteiger partial charge in [0.1, 0.15) is 0 Å². The molecule has 1 heterocycles. The molecule has 2 aliphatic rings. The van der Waals surface area contributed by atoms with Crippen LogP contribution in [0.25, 0.3) is 0 Å². The molecule has 0 bridgehead atoms. The summed E-state index contributed by atoms with van der Waals surface area (Å²) in [5, 5.41) is 6.17. The fourth-order valence-electron chi connectivity index (χ4n) is 4.24. The predicted octanol–water partition coefficient (Wildman–Crippen LogP) is 5.57. The van der Waals surface area contributed by atoms with Gasteiger partial charge in [-0.2, -0.15) is 0 Å². The molecule has 1 nitrogen and oxygen atoms in total. The molecule has 1 saturated carbocycles. The molecule has 1 aromatic rings. The Morgan fingerprint density at radius 3 is 2.62 bits per heavy atom. The van der Waals surface area contributed by atoms with Gasteiger partial charge in [0.25, 0.3) is 0 Å². The molecule has 1 N–H and O–H groups in total. The molecule has 2 aliphatic carbocycles. The van der Waals surface area contributed by atoms with E-state index in [9.17, 15) is 0 Å². The topological polar surface area (TPSA) is 12.0 Å². The molecule has 0 aliphatic heterocycles. The molecule has 1 atom stereocenters. The fourth-order valence-corrected chi connectivity index (χ4v) is 5.23. The van der Waals surface area contributed by atoms with Crippen LogP contribution >= 0.6 is 11.3 Å². The maximum absolute atomic E-state index is 3.89. The van der Waals surface area contributed by atoms with Gasteiger partial charge in [-0.3, -0.25) is 0 Å². The van der Waals surface area contributed by atoms with Gasteiger partial charge < -0.3 is 5.32 Å². The Morgan fingerprint density at radius 1 is 1.14 bits per heavy atom. The number of nitrogens with one attached hydrogen (secondary N) is 1. The third kappa shape index (κ3) is 3.71. The second-order valence-electron chi connectivity index (χ2n) is 8.24. The molecule has 118 valence electrons. The van der Waals surface area contributed by atoms with Gasteiger partial charge in [-0.05, 0) is 85.8 Å². The van der Waals surface area contributed by atoms with E-state index >= 15 is 0 Å². The summed E-state index contributed by atoms with van der Waals surface area (Å²) in [7, 11) is 0. The first-order chi connectivity index (χ1) is 10.0. The van der Waals surface area contributed by atoms with E-state index in [-0.39, 0.29) is 0 Å². The first-order valence-electron chi connectivity index (χ1n) is 8.83. The van der Waals surface area contributed by atoms with Crippen LogP contribution in [-0.4, -0.2) is 6.54 Å². The van der Waals surface area contributed by atoms with Crippen molar-refractivity contribution in [3.05, 3.63) is 21.9 Å². The molecule has 0 aromatic carbocycles. The van der Waals surface area contributed by atoms with Crippen molar-refractivity contribution in [3.8, 4) is 0 Å². The van der Waals surface area contributed by atoms with Crippen LogP contribution < -0.4 is 5.32 Å². The van der Waals surface area contributed by atoms with Gasteiger partial charge >= 0.3 is 0 Å². The fraction of sp³-hybridized carbons (Fsp3) is 0.789. The molecule has 0 amide bonds. The summed E-state index contributed by atoms with van der Waals surface area (Å²) < 4.78 is 0. The smallest absolute Gasteiger partial charge is 0.0331 e. The summed E-state index contributed by atoms with van der Waals surface area (Å²) in [6.45, 7) is 8.47. The number of fused-ring (bicyclic) bond motifs is 1. The molecule has 1 fully saturated rings. The van der Waals surface area contributed by atoms with Crippen LogP contribution in [-0.2, 0) is 6.42 Å². The second-order valence-corrected chi connectivity index (χ2v) is 9.24. The maximum Gasteiger partial charge on any atom is 0.0331 e. The average molecular weight is 306 g/mol. The van der Waals surface area contributed by atoms with Crippen LogP contribution in [0.5, 0.6) is 0 Å². The minimum atomic E-state index is 0.507. The normalized spacial score (nSPS) is 30.1. The van der Waals surface area contributed by atoms with Gasteiger partial charge in [0.05, 0.1) is 0 Å². The zero-order valence-electron chi connectivity index (χ0n) is 14.0. The molecule has 0 spiro atoms. The number of aryl methyl sites for hydroxylation is 1. The van der Waals surface area contributed by atoms with E-state index in [1.807, 2.05) is 11.3 Å². The molecular weight excluding hydrogens is 274 g/mol. The Kier molecular flexibility index (Phi) is 4.75. The standard InChI is InChI=1S/C19H31NS/c1-19(2,3)15-9-7-14(8-10-15)13-20-17-5-4-6-18-16(17)11-12-21-18/h11-12,14-15,17,20H,4-10,13H2,1-3H3. The van der Waals surface area contributed by atoms with Crippen LogP contribution in [0.1, 0.15) is 75.8 Å². The summed E-state index contributed by atoms with van der Waals surface area (Å²) >= 11 is 1.95. The monoisotopic (exact) mass is 305 g/mol. The van der Waals surface area contributed by atoms with Crippen molar-refractivity contribution >= 4 is 11.3 Å². The highest BCUT2D eigenvalue weighted by molar-refractivity contribution is 7.10. The minimum absolute atomic E-state index is 0.507. The summed E-state index contributed by atoms with van der Waals surface area (Å²) in [5.41, 5.74) is 2.11. The maximum atomic E-state index is 3.89. The van der Waals surface area contributed by atoms with Gasteiger partial charge in [-0.25, -0.2) is 0 Å². The van der Waals surface area contributed by atoms with E-state index in [1.165, 1.54) is 51.5 Å². The molecule has 1 unspecified atom stereocenters.